The van der Waals surface area contributed by atoms with Crippen molar-refractivity contribution in [1.29, 1.82) is 0 Å². The van der Waals surface area contributed by atoms with Gasteiger partial charge in [-0.3, -0.25) is 19.5 Å². The van der Waals surface area contributed by atoms with Crippen LogP contribution in [0.2, 0.25) is 0 Å². The number of nitrogens with one attached hydrogen (secondary N) is 1. The van der Waals surface area contributed by atoms with Crippen LogP contribution in [0.5, 0.6) is 0 Å². The van der Waals surface area contributed by atoms with Crippen LogP contribution in [0.25, 0.3) is 6.08 Å². The van der Waals surface area contributed by atoms with E-state index >= 15 is 0 Å². The molecule has 0 bridgehead atoms. The summed E-state index contributed by atoms with van der Waals surface area (Å²) < 4.78 is 1.85. The number of hydrogen-bond acceptors (Lipinski definition) is 5. The molecule has 2 aromatic heterocycles. The van der Waals surface area contributed by atoms with Gasteiger partial charge in [0.15, 0.2) is 0 Å². The molecule has 0 aromatic carbocycles. The van der Waals surface area contributed by atoms with Crippen LogP contribution in [0.3, 0.4) is 0 Å². The number of pyridine rings is 2. The minimum absolute atomic E-state index is 0.00356. The lowest BCUT2D eigenvalue weighted by Crippen LogP contribution is -2.50. The third-order valence-electron chi connectivity index (χ3n) is 7.65. The van der Waals surface area contributed by atoms with Crippen LogP contribution in [0, 0.1) is 11.8 Å². The molecule has 0 spiro atoms. The molecular weight excluding hydrogens is 416 g/mol. The lowest BCUT2D eigenvalue weighted by Gasteiger charge is -2.31. The Morgan fingerprint density at radius 2 is 1.97 bits per heavy atom. The van der Waals surface area contributed by atoms with Crippen LogP contribution in [0.15, 0.2) is 47.5 Å². The smallest absolute Gasteiger partial charge is 0.258 e. The number of aromatic nitrogens is 2. The number of nitrogens with zero attached hydrogens (tertiary/aromatic N) is 3. The summed E-state index contributed by atoms with van der Waals surface area (Å²) in [6.07, 6.45) is 11.6. The van der Waals surface area contributed by atoms with Crippen LogP contribution in [-0.2, 0) is 17.9 Å². The molecule has 4 atom stereocenters. The van der Waals surface area contributed by atoms with Crippen molar-refractivity contribution < 1.29 is 9.90 Å². The standard InChI is InChI=1S/C26H32N4O3/c1-2-5-18-8-9-22-23-20(15-29(22)26(18)33)21(16-31)24(25(32)28-19-6-3-4-7-19)30(23)14-17-10-12-27-13-11-17/h2,5,8-13,19-21,23-24,31H,3-4,6-7,14-16H2,1H3,(H,28,32)/b5-2-/t20-,21-,23+,24-/m1/s1. The fourth-order valence-corrected chi connectivity index (χ4v) is 6.16. The van der Waals surface area contributed by atoms with Gasteiger partial charge in [0.2, 0.25) is 5.91 Å². The molecule has 3 aliphatic rings. The number of carbonyl (C=O) groups is 1. The molecule has 174 valence electrons. The quantitative estimate of drug-likeness (QED) is 0.709. The Labute approximate surface area is 194 Å². The summed E-state index contributed by atoms with van der Waals surface area (Å²) in [7, 11) is 0. The van der Waals surface area contributed by atoms with Crippen molar-refractivity contribution in [3.63, 3.8) is 0 Å². The largest absolute Gasteiger partial charge is 0.396 e. The Balaban J connectivity index is 1.54. The Hall–Kier alpha value is -2.77. The van der Waals surface area contributed by atoms with Gasteiger partial charge in [0.05, 0.1) is 12.1 Å². The fraction of sp³-hybridized carbons (Fsp3) is 0.500. The van der Waals surface area contributed by atoms with Gasteiger partial charge in [-0.15, -0.1) is 0 Å². The molecule has 2 N–H and O–H groups in total. The highest BCUT2D eigenvalue weighted by atomic mass is 16.3. The molecular formula is C26H32N4O3. The first-order valence-electron chi connectivity index (χ1n) is 12.0. The number of aliphatic hydroxyl groups excluding tert-OH is 1. The van der Waals surface area contributed by atoms with Gasteiger partial charge in [-0.25, -0.2) is 0 Å². The highest BCUT2D eigenvalue weighted by Gasteiger charge is 2.55. The summed E-state index contributed by atoms with van der Waals surface area (Å²) in [5.74, 6) is -0.226. The molecule has 2 fully saturated rings. The molecule has 0 unspecified atom stereocenters. The van der Waals surface area contributed by atoms with Crippen LogP contribution in [-0.4, -0.2) is 44.2 Å². The number of allylic oxidation sites excluding steroid dienone is 1. The van der Waals surface area contributed by atoms with E-state index in [1.54, 1.807) is 12.4 Å². The molecule has 0 radical (unpaired) electrons. The van der Waals surface area contributed by atoms with Crippen molar-refractivity contribution in [3.05, 3.63) is 69.9 Å². The normalized spacial score (nSPS) is 27.2. The van der Waals surface area contributed by atoms with Gasteiger partial charge in [-0.05, 0) is 49.6 Å². The molecule has 7 nitrogen and oxygen atoms in total. The summed E-state index contributed by atoms with van der Waals surface area (Å²) in [4.78, 5) is 33.0. The topological polar surface area (TPSA) is 87.5 Å². The van der Waals surface area contributed by atoms with E-state index in [0.29, 0.717) is 18.7 Å². The average Bonchev–Trinajstić information content (AvgIpc) is 3.53. The number of amides is 1. The predicted molar refractivity (Wildman–Crippen MR) is 126 cm³/mol. The van der Waals surface area contributed by atoms with Gasteiger partial charge in [-0.1, -0.05) is 25.0 Å². The highest BCUT2D eigenvalue weighted by Crippen LogP contribution is 2.49. The maximum absolute atomic E-state index is 13.6. The van der Waals surface area contributed by atoms with Gasteiger partial charge in [0.1, 0.15) is 0 Å². The molecule has 1 saturated carbocycles. The Morgan fingerprint density at radius 3 is 2.67 bits per heavy atom. The van der Waals surface area contributed by atoms with Crippen molar-refractivity contribution in [2.45, 2.75) is 63.8 Å². The van der Waals surface area contributed by atoms with Crippen LogP contribution in [0.4, 0.5) is 0 Å². The van der Waals surface area contributed by atoms with Gasteiger partial charge >= 0.3 is 0 Å². The number of rotatable bonds is 6. The lowest BCUT2D eigenvalue weighted by atomic mass is 9.88. The van der Waals surface area contributed by atoms with Crippen LogP contribution >= 0.6 is 0 Å². The SMILES string of the molecule is C/C=C\c1ccc2n(c1=O)C[C@@H]1[C@@H](CO)[C@H](C(=O)NC3CCCC3)N(Cc3ccncc3)[C@H]21. The minimum Gasteiger partial charge on any atom is -0.396 e. The Kier molecular flexibility index (Phi) is 6.17. The Morgan fingerprint density at radius 1 is 1.21 bits per heavy atom. The summed E-state index contributed by atoms with van der Waals surface area (Å²) in [5, 5.41) is 13.7. The third kappa shape index (κ3) is 3.93. The molecule has 33 heavy (non-hydrogen) atoms. The van der Waals surface area contributed by atoms with Crippen LogP contribution in [0.1, 0.15) is 55.5 Å². The second-order valence-corrected chi connectivity index (χ2v) is 9.55. The maximum Gasteiger partial charge on any atom is 0.258 e. The van der Waals surface area contributed by atoms with Crippen molar-refractivity contribution >= 4 is 12.0 Å². The highest BCUT2D eigenvalue weighted by molar-refractivity contribution is 5.83. The first kappa shape index (κ1) is 22.0. The zero-order valence-electron chi connectivity index (χ0n) is 19.1. The van der Waals surface area contributed by atoms with Crippen molar-refractivity contribution in [3.8, 4) is 0 Å². The summed E-state index contributed by atoms with van der Waals surface area (Å²) >= 11 is 0. The van der Waals surface area contributed by atoms with E-state index in [1.807, 2.05) is 47.9 Å². The first-order valence-corrected chi connectivity index (χ1v) is 12.0. The predicted octanol–water partition coefficient (Wildman–Crippen LogP) is 2.50. The molecule has 5 rings (SSSR count). The number of aliphatic hydroxyl groups is 1. The van der Waals surface area contributed by atoms with Gasteiger partial charge in [-0.2, -0.15) is 0 Å². The second-order valence-electron chi connectivity index (χ2n) is 9.55. The number of carbonyl (C=O) groups excluding carboxylic acids is 1. The zero-order chi connectivity index (χ0) is 22.9. The summed E-state index contributed by atoms with van der Waals surface area (Å²) in [5.41, 5.74) is 2.65. The number of fused-ring (bicyclic) bond motifs is 3. The summed E-state index contributed by atoms with van der Waals surface area (Å²) in [6.45, 7) is 2.91. The van der Waals surface area contributed by atoms with E-state index in [0.717, 1.165) is 36.9 Å². The van der Waals surface area contributed by atoms with E-state index in [-0.39, 0.29) is 42.0 Å². The Bertz CT molecular complexity index is 1090. The third-order valence-corrected chi connectivity index (χ3v) is 7.65. The monoisotopic (exact) mass is 448 g/mol. The van der Waals surface area contributed by atoms with Crippen molar-refractivity contribution in [2.24, 2.45) is 11.8 Å². The molecule has 1 saturated heterocycles. The van der Waals surface area contributed by atoms with Crippen molar-refractivity contribution in [2.75, 3.05) is 6.61 Å². The van der Waals surface area contributed by atoms with Gasteiger partial charge < -0.3 is 15.0 Å². The minimum atomic E-state index is -0.433. The second kappa shape index (κ2) is 9.23. The molecule has 1 aliphatic carbocycles. The first-order chi connectivity index (χ1) is 16.1. The van der Waals surface area contributed by atoms with E-state index < -0.39 is 6.04 Å². The molecule has 7 heteroatoms. The van der Waals surface area contributed by atoms with E-state index in [2.05, 4.69) is 15.2 Å². The van der Waals surface area contributed by atoms with E-state index in [9.17, 15) is 14.7 Å². The van der Waals surface area contributed by atoms with Crippen molar-refractivity contribution in [1.82, 2.24) is 19.8 Å². The van der Waals surface area contributed by atoms with Gasteiger partial charge in [0.25, 0.3) is 5.56 Å². The molecule has 1 amide bonds. The van der Waals surface area contributed by atoms with E-state index in [4.69, 9.17) is 0 Å². The number of hydrogen-bond donors (Lipinski definition) is 2. The molecule has 4 heterocycles. The maximum atomic E-state index is 13.6. The van der Waals surface area contributed by atoms with Crippen LogP contribution < -0.4 is 10.9 Å². The molecule has 2 aliphatic heterocycles. The van der Waals surface area contributed by atoms with E-state index in [1.165, 1.54) is 0 Å². The average molecular weight is 449 g/mol. The summed E-state index contributed by atoms with van der Waals surface area (Å²) in [6, 6.07) is 7.51. The fourth-order valence-electron chi connectivity index (χ4n) is 6.16. The van der Waals surface area contributed by atoms with Gasteiger partial charge in [0, 0.05) is 61.2 Å². The number of likely N-dealkylation sites (tertiary alicyclic amines) is 1. The zero-order valence-corrected chi connectivity index (χ0v) is 19.1. The molecule has 2 aromatic rings. The lowest BCUT2D eigenvalue weighted by molar-refractivity contribution is -0.128.